The van der Waals surface area contributed by atoms with Gasteiger partial charge in [0, 0.05) is 19.3 Å². The molecule has 1 aromatic rings. The van der Waals surface area contributed by atoms with Gasteiger partial charge in [-0.2, -0.15) is 0 Å². The summed E-state index contributed by atoms with van der Waals surface area (Å²) in [6, 6.07) is 1.94. The number of amides is 1. The molecule has 1 aromatic heterocycles. The van der Waals surface area contributed by atoms with Gasteiger partial charge in [-0.1, -0.05) is 0 Å². The van der Waals surface area contributed by atoms with Gasteiger partial charge in [-0.05, 0) is 64.5 Å². The first-order valence-corrected chi connectivity index (χ1v) is 8.61. The van der Waals surface area contributed by atoms with Gasteiger partial charge in [-0.25, -0.2) is 9.59 Å². The van der Waals surface area contributed by atoms with Crippen LogP contribution in [0.2, 0.25) is 0 Å². The molecule has 6 heteroatoms. The molecule has 6 nitrogen and oxygen atoms in total. The molecule has 1 saturated heterocycles. The van der Waals surface area contributed by atoms with Crippen molar-refractivity contribution in [3.63, 3.8) is 0 Å². The average molecular weight is 336 g/mol. The normalized spacial score (nSPS) is 16.1. The number of nitrogens with zero attached hydrogens (tertiary/aromatic N) is 1. The highest BCUT2D eigenvalue weighted by Crippen LogP contribution is 2.24. The van der Waals surface area contributed by atoms with E-state index in [1.54, 1.807) is 18.0 Å². The second kappa shape index (κ2) is 7.73. The largest absolute Gasteiger partial charge is 0.461 e. The third kappa shape index (κ3) is 5.01. The number of aromatic amines is 1. The number of esters is 1. The van der Waals surface area contributed by atoms with E-state index in [0.29, 0.717) is 31.3 Å². The number of H-pyrrole nitrogens is 1. The van der Waals surface area contributed by atoms with Gasteiger partial charge in [0.1, 0.15) is 11.3 Å². The average Bonchev–Trinajstić information content (AvgIpc) is 2.94. The third-order valence-electron chi connectivity index (χ3n) is 4.09. The van der Waals surface area contributed by atoms with E-state index in [1.165, 1.54) is 0 Å². The van der Waals surface area contributed by atoms with Gasteiger partial charge in [-0.15, -0.1) is 0 Å². The highest BCUT2D eigenvalue weighted by Gasteiger charge is 2.27. The number of nitrogens with one attached hydrogen (secondary N) is 1. The lowest BCUT2D eigenvalue weighted by atomic mass is 9.90. The van der Waals surface area contributed by atoms with Crippen molar-refractivity contribution in [3.8, 4) is 0 Å². The SMILES string of the molecule is CCOC(=O)c1[nH]ccc1CC1CCN(C(=O)OC(C)(C)C)CC1. The molecule has 0 radical (unpaired) electrons. The van der Waals surface area contributed by atoms with Gasteiger partial charge in [0.05, 0.1) is 6.61 Å². The van der Waals surface area contributed by atoms with Crippen LogP contribution in [0.25, 0.3) is 0 Å². The fourth-order valence-corrected chi connectivity index (χ4v) is 2.92. The molecule has 2 heterocycles. The summed E-state index contributed by atoms with van der Waals surface area (Å²) < 4.78 is 10.5. The Labute approximate surface area is 143 Å². The predicted octanol–water partition coefficient (Wildman–Crippen LogP) is 3.38. The van der Waals surface area contributed by atoms with Crippen LogP contribution in [-0.4, -0.2) is 47.2 Å². The highest BCUT2D eigenvalue weighted by molar-refractivity contribution is 5.89. The highest BCUT2D eigenvalue weighted by atomic mass is 16.6. The quantitative estimate of drug-likeness (QED) is 0.856. The molecule has 24 heavy (non-hydrogen) atoms. The maximum Gasteiger partial charge on any atom is 0.410 e. The van der Waals surface area contributed by atoms with Crippen LogP contribution in [0.3, 0.4) is 0 Å². The van der Waals surface area contributed by atoms with Crippen molar-refractivity contribution in [1.82, 2.24) is 9.88 Å². The topological polar surface area (TPSA) is 71.6 Å². The minimum Gasteiger partial charge on any atom is -0.461 e. The van der Waals surface area contributed by atoms with Crippen LogP contribution in [0.15, 0.2) is 12.3 Å². The molecule has 0 aromatic carbocycles. The summed E-state index contributed by atoms with van der Waals surface area (Å²) in [5.74, 6) is 0.149. The Balaban J connectivity index is 1.87. The summed E-state index contributed by atoms with van der Waals surface area (Å²) in [5, 5.41) is 0. The lowest BCUT2D eigenvalue weighted by molar-refractivity contribution is 0.0184. The summed E-state index contributed by atoms with van der Waals surface area (Å²) in [6.07, 6.45) is 4.17. The number of hydrogen-bond acceptors (Lipinski definition) is 4. The van der Waals surface area contributed by atoms with Gasteiger partial charge in [0.15, 0.2) is 0 Å². The monoisotopic (exact) mass is 336 g/mol. The first-order valence-electron chi connectivity index (χ1n) is 8.61. The molecule has 2 rings (SSSR count). The van der Waals surface area contributed by atoms with E-state index >= 15 is 0 Å². The lowest BCUT2D eigenvalue weighted by Gasteiger charge is -2.33. The maximum absolute atomic E-state index is 12.1. The number of rotatable bonds is 4. The van der Waals surface area contributed by atoms with E-state index in [2.05, 4.69) is 4.98 Å². The van der Waals surface area contributed by atoms with Crippen molar-refractivity contribution in [1.29, 1.82) is 0 Å². The standard InChI is InChI=1S/C18H28N2O4/c1-5-23-16(21)15-14(6-9-19-15)12-13-7-10-20(11-8-13)17(22)24-18(2,3)4/h6,9,13,19H,5,7-8,10-12H2,1-4H3. The predicted molar refractivity (Wildman–Crippen MR) is 91.0 cm³/mol. The van der Waals surface area contributed by atoms with E-state index in [9.17, 15) is 9.59 Å². The summed E-state index contributed by atoms with van der Waals surface area (Å²) in [4.78, 5) is 28.8. The first-order chi connectivity index (χ1) is 11.3. The van der Waals surface area contributed by atoms with Crippen LogP contribution in [0.4, 0.5) is 4.79 Å². The number of piperidine rings is 1. The third-order valence-corrected chi connectivity index (χ3v) is 4.09. The van der Waals surface area contributed by atoms with Crippen LogP contribution in [0, 0.1) is 5.92 Å². The van der Waals surface area contributed by atoms with Crippen LogP contribution in [0.5, 0.6) is 0 Å². The zero-order valence-corrected chi connectivity index (χ0v) is 15.1. The number of hydrogen-bond donors (Lipinski definition) is 1. The summed E-state index contributed by atoms with van der Waals surface area (Å²) in [5.41, 5.74) is 1.07. The molecule has 134 valence electrons. The van der Waals surface area contributed by atoms with Gasteiger partial charge < -0.3 is 19.4 Å². The molecule has 1 amide bonds. The number of ether oxygens (including phenoxy) is 2. The molecule has 0 aliphatic carbocycles. The van der Waals surface area contributed by atoms with Crippen LogP contribution < -0.4 is 0 Å². The van der Waals surface area contributed by atoms with Gasteiger partial charge in [-0.3, -0.25) is 0 Å². The zero-order chi connectivity index (χ0) is 17.7. The molecule has 0 unspecified atom stereocenters. The van der Waals surface area contributed by atoms with E-state index in [-0.39, 0.29) is 12.1 Å². The second-order valence-corrected chi connectivity index (χ2v) is 7.21. The molecular formula is C18H28N2O4. The summed E-state index contributed by atoms with van der Waals surface area (Å²) in [7, 11) is 0. The van der Waals surface area contributed by atoms with Crippen LogP contribution in [-0.2, 0) is 15.9 Å². The van der Waals surface area contributed by atoms with Gasteiger partial charge >= 0.3 is 12.1 Å². The minimum atomic E-state index is -0.465. The summed E-state index contributed by atoms with van der Waals surface area (Å²) >= 11 is 0. The molecular weight excluding hydrogens is 308 g/mol. The smallest absolute Gasteiger partial charge is 0.410 e. The molecule has 0 saturated carbocycles. The van der Waals surface area contributed by atoms with Crippen LogP contribution >= 0.6 is 0 Å². The number of carbonyl (C=O) groups is 2. The van der Waals surface area contributed by atoms with Crippen molar-refractivity contribution in [2.24, 2.45) is 5.92 Å². The van der Waals surface area contributed by atoms with E-state index in [0.717, 1.165) is 24.8 Å². The van der Waals surface area contributed by atoms with E-state index < -0.39 is 5.60 Å². The molecule has 0 atom stereocenters. The van der Waals surface area contributed by atoms with Crippen LogP contribution in [0.1, 0.15) is 56.6 Å². The number of carbonyl (C=O) groups excluding carboxylic acids is 2. The second-order valence-electron chi connectivity index (χ2n) is 7.21. The molecule has 1 aliphatic rings. The van der Waals surface area contributed by atoms with Gasteiger partial charge in [0.2, 0.25) is 0 Å². The minimum absolute atomic E-state index is 0.241. The Morgan fingerprint density at radius 1 is 1.29 bits per heavy atom. The van der Waals surface area contributed by atoms with E-state index in [1.807, 2.05) is 26.8 Å². The summed E-state index contributed by atoms with van der Waals surface area (Å²) in [6.45, 7) is 9.18. The fraction of sp³-hybridized carbons (Fsp3) is 0.667. The molecule has 1 fully saturated rings. The maximum atomic E-state index is 12.1. The molecule has 1 aliphatic heterocycles. The Hall–Kier alpha value is -1.98. The van der Waals surface area contributed by atoms with Crippen molar-refractivity contribution in [2.75, 3.05) is 19.7 Å². The van der Waals surface area contributed by atoms with Crippen molar-refractivity contribution in [3.05, 3.63) is 23.5 Å². The van der Waals surface area contributed by atoms with Crippen molar-refractivity contribution < 1.29 is 19.1 Å². The van der Waals surface area contributed by atoms with Crippen molar-refractivity contribution in [2.45, 2.75) is 52.6 Å². The molecule has 0 spiro atoms. The number of likely N-dealkylation sites (tertiary alicyclic amines) is 1. The molecule has 1 N–H and O–H groups in total. The Bertz CT molecular complexity index is 566. The Kier molecular flexibility index (Phi) is 5.91. The van der Waals surface area contributed by atoms with Crippen molar-refractivity contribution >= 4 is 12.1 Å². The number of aromatic nitrogens is 1. The van der Waals surface area contributed by atoms with E-state index in [4.69, 9.17) is 9.47 Å². The Morgan fingerprint density at radius 2 is 1.96 bits per heavy atom. The lowest BCUT2D eigenvalue weighted by Crippen LogP contribution is -2.42. The fourth-order valence-electron chi connectivity index (χ4n) is 2.92. The Morgan fingerprint density at radius 3 is 2.54 bits per heavy atom. The molecule has 0 bridgehead atoms. The zero-order valence-electron chi connectivity index (χ0n) is 15.1. The first kappa shape index (κ1) is 18.4. The van der Waals surface area contributed by atoms with Gasteiger partial charge in [0.25, 0.3) is 0 Å².